The van der Waals surface area contributed by atoms with E-state index >= 15 is 0 Å². The van der Waals surface area contributed by atoms with Crippen molar-refractivity contribution in [3.63, 3.8) is 0 Å². The normalized spacial score (nSPS) is 22.2. The minimum atomic E-state index is -1.69. The third kappa shape index (κ3) is 4.47. The van der Waals surface area contributed by atoms with Gasteiger partial charge < -0.3 is 9.47 Å². The van der Waals surface area contributed by atoms with Gasteiger partial charge in [0.05, 0.1) is 8.07 Å². The lowest BCUT2D eigenvalue weighted by atomic mass is 9.96. The molecule has 2 aromatic carbocycles. The standard InChI is InChI=1S/C26H34O2Si/c1-6-8-20-26(19-7-2,29(3,4)5)25-27-23(21-15-11-9-12-16-21)24(28-25)22-17-13-10-14-18-22/h6-7,9-18,23-25H,1-2,8,19-20H2,3-5H3/t23-,24-,26?/m1/s1. The Hall–Kier alpha value is -1.94. The fraction of sp³-hybridized carbons (Fsp3) is 0.385. The van der Waals surface area contributed by atoms with Crippen molar-refractivity contribution in [3.8, 4) is 0 Å². The zero-order valence-electron chi connectivity index (χ0n) is 18.0. The van der Waals surface area contributed by atoms with Crippen molar-refractivity contribution in [2.24, 2.45) is 0 Å². The van der Waals surface area contributed by atoms with Crippen molar-refractivity contribution in [2.45, 2.75) is 62.4 Å². The van der Waals surface area contributed by atoms with Gasteiger partial charge in [-0.1, -0.05) is 92.5 Å². The maximum Gasteiger partial charge on any atom is 0.163 e. The second-order valence-electron chi connectivity index (χ2n) is 8.99. The fourth-order valence-corrected chi connectivity index (χ4v) is 6.96. The van der Waals surface area contributed by atoms with Crippen LogP contribution in [0.1, 0.15) is 42.6 Å². The molecule has 1 saturated heterocycles. The molecule has 1 fully saturated rings. The fourth-order valence-electron chi connectivity index (χ4n) is 4.46. The molecule has 0 radical (unpaired) electrons. The second-order valence-corrected chi connectivity index (χ2v) is 14.5. The summed E-state index contributed by atoms with van der Waals surface area (Å²) in [6, 6.07) is 20.9. The van der Waals surface area contributed by atoms with Gasteiger partial charge in [-0.15, -0.1) is 13.2 Å². The molecule has 0 aromatic heterocycles. The molecule has 0 spiro atoms. The highest BCUT2D eigenvalue weighted by Gasteiger charge is 2.54. The molecule has 0 saturated carbocycles. The molecule has 1 aliphatic heterocycles. The maximum atomic E-state index is 6.79. The van der Waals surface area contributed by atoms with Crippen LogP contribution in [-0.4, -0.2) is 14.4 Å². The van der Waals surface area contributed by atoms with E-state index in [-0.39, 0.29) is 23.5 Å². The largest absolute Gasteiger partial charge is 0.341 e. The topological polar surface area (TPSA) is 18.5 Å². The van der Waals surface area contributed by atoms with E-state index in [1.807, 2.05) is 24.3 Å². The number of allylic oxidation sites excluding steroid dienone is 2. The predicted octanol–water partition coefficient (Wildman–Crippen LogP) is 7.46. The van der Waals surface area contributed by atoms with Crippen LogP contribution in [0.4, 0.5) is 0 Å². The highest BCUT2D eigenvalue weighted by atomic mass is 28.3. The number of rotatable bonds is 9. The van der Waals surface area contributed by atoms with Crippen molar-refractivity contribution in [2.75, 3.05) is 0 Å². The summed E-state index contributed by atoms with van der Waals surface area (Å²) in [5.41, 5.74) is 2.33. The molecule has 0 bridgehead atoms. The minimum Gasteiger partial charge on any atom is -0.341 e. The van der Waals surface area contributed by atoms with Crippen molar-refractivity contribution in [3.05, 3.63) is 97.1 Å². The van der Waals surface area contributed by atoms with Crippen molar-refractivity contribution in [1.82, 2.24) is 0 Å². The third-order valence-electron chi connectivity index (χ3n) is 6.32. The van der Waals surface area contributed by atoms with Crippen LogP contribution in [0.15, 0.2) is 86.0 Å². The van der Waals surface area contributed by atoms with E-state index in [9.17, 15) is 0 Å². The van der Waals surface area contributed by atoms with E-state index in [1.54, 1.807) is 0 Å². The van der Waals surface area contributed by atoms with Gasteiger partial charge >= 0.3 is 0 Å². The number of benzene rings is 2. The number of hydrogen-bond acceptors (Lipinski definition) is 2. The molecule has 0 aliphatic carbocycles. The number of ether oxygens (including phenoxy) is 2. The van der Waals surface area contributed by atoms with E-state index in [4.69, 9.17) is 9.47 Å². The van der Waals surface area contributed by atoms with Gasteiger partial charge in [-0.3, -0.25) is 0 Å². The van der Waals surface area contributed by atoms with Gasteiger partial charge in [-0.05, 0) is 30.4 Å². The molecule has 3 atom stereocenters. The first-order chi connectivity index (χ1) is 13.9. The van der Waals surface area contributed by atoms with Crippen LogP contribution in [0.5, 0.6) is 0 Å². The van der Waals surface area contributed by atoms with Crippen molar-refractivity contribution in [1.29, 1.82) is 0 Å². The van der Waals surface area contributed by atoms with Gasteiger partial charge in [0.15, 0.2) is 6.29 Å². The highest BCUT2D eigenvalue weighted by molar-refractivity contribution is 6.79. The summed E-state index contributed by atoms with van der Waals surface area (Å²) in [4.78, 5) is 0. The third-order valence-corrected chi connectivity index (χ3v) is 10.00. The Labute approximate surface area is 177 Å². The van der Waals surface area contributed by atoms with Crippen molar-refractivity contribution >= 4 is 8.07 Å². The molecule has 3 rings (SSSR count). The smallest absolute Gasteiger partial charge is 0.163 e. The zero-order valence-corrected chi connectivity index (χ0v) is 19.0. The molecule has 2 nitrogen and oxygen atoms in total. The van der Waals surface area contributed by atoms with Gasteiger partial charge in [0, 0.05) is 5.04 Å². The molecule has 1 aliphatic rings. The van der Waals surface area contributed by atoms with Gasteiger partial charge in [0.2, 0.25) is 0 Å². The minimum absolute atomic E-state index is 0.0561. The molecule has 2 aromatic rings. The van der Waals surface area contributed by atoms with Crippen LogP contribution >= 0.6 is 0 Å². The van der Waals surface area contributed by atoms with Gasteiger partial charge in [0.1, 0.15) is 12.2 Å². The molecular formula is C26H34O2Si. The van der Waals surface area contributed by atoms with E-state index < -0.39 is 8.07 Å². The molecule has 0 N–H and O–H groups in total. The monoisotopic (exact) mass is 406 g/mol. The summed E-state index contributed by atoms with van der Waals surface area (Å²) in [6.07, 6.45) is 6.41. The summed E-state index contributed by atoms with van der Waals surface area (Å²) in [7, 11) is -1.69. The summed E-state index contributed by atoms with van der Waals surface area (Å²) < 4.78 is 13.6. The second kappa shape index (κ2) is 9.25. The lowest BCUT2D eigenvalue weighted by molar-refractivity contribution is -0.102. The zero-order chi connectivity index (χ0) is 20.9. The highest BCUT2D eigenvalue weighted by Crippen LogP contribution is 2.57. The average Bonchev–Trinajstić information content (AvgIpc) is 3.17. The van der Waals surface area contributed by atoms with Crippen LogP contribution in [0.25, 0.3) is 0 Å². The van der Waals surface area contributed by atoms with Crippen LogP contribution in [0.3, 0.4) is 0 Å². The van der Waals surface area contributed by atoms with E-state index in [0.29, 0.717) is 0 Å². The van der Waals surface area contributed by atoms with Gasteiger partial charge in [-0.25, -0.2) is 0 Å². The predicted molar refractivity (Wildman–Crippen MR) is 125 cm³/mol. The molecule has 0 amide bonds. The molecule has 1 unspecified atom stereocenters. The Bertz CT molecular complexity index is 749. The first-order valence-electron chi connectivity index (χ1n) is 10.6. The quantitative estimate of drug-likeness (QED) is 0.318. The van der Waals surface area contributed by atoms with Crippen LogP contribution in [0.2, 0.25) is 24.7 Å². The lowest BCUT2D eigenvalue weighted by Gasteiger charge is -2.46. The summed E-state index contributed by atoms with van der Waals surface area (Å²) >= 11 is 0. The van der Waals surface area contributed by atoms with E-state index in [2.05, 4.69) is 81.3 Å². The van der Waals surface area contributed by atoms with Gasteiger partial charge in [0.25, 0.3) is 0 Å². The lowest BCUT2D eigenvalue weighted by Crippen LogP contribution is -2.48. The average molecular weight is 407 g/mol. The SMILES string of the molecule is C=CCCC(CC=C)(C1O[C@H](c2ccccc2)[C@@H](c2ccccc2)O1)[Si](C)(C)C. The Morgan fingerprint density at radius 2 is 1.31 bits per heavy atom. The first kappa shape index (κ1) is 21.8. The summed E-state index contributed by atoms with van der Waals surface area (Å²) in [5, 5.41) is -0.0561. The molecule has 1 heterocycles. The van der Waals surface area contributed by atoms with Crippen molar-refractivity contribution < 1.29 is 9.47 Å². The van der Waals surface area contributed by atoms with Crippen LogP contribution in [0, 0.1) is 0 Å². The number of hydrogen-bond donors (Lipinski definition) is 0. The van der Waals surface area contributed by atoms with Crippen LogP contribution in [-0.2, 0) is 9.47 Å². The molecule has 29 heavy (non-hydrogen) atoms. The van der Waals surface area contributed by atoms with Gasteiger partial charge in [-0.2, -0.15) is 0 Å². The molecule has 3 heteroatoms. The van der Waals surface area contributed by atoms with Crippen LogP contribution < -0.4 is 0 Å². The Morgan fingerprint density at radius 1 is 0.828 bits per heavy atom. The molecule has 154 valence electrons. The summed E-state index contributed by atoms with van der Waals surface area (Å²) in [6.45, 7) is 15.3. The molecular weight excluding hydrogens is 372 g/mol. The Morgan fingerprint density at radius 3 is 1.69 bits per heavy atom. The van der Waals surface area contributed by atoms with E-state index in [1.165, 1.54) is 0 Å². The first-order valence-corrected chi connectivity index (χ1v) is 14.1. The maximum absolute atomic E-state index is 6.79. The van der Waals surface area contributed by atoms with E-state index in [0.717, 1.165) is 30.4 Å². The Balaban J connectivity index is 2.04. The summed E-state index contributed by atoms with van der Waals surface area (Å²) in [5.74, 6) is 0. The Kier molecular flexibility index (Phi) is 6.94.